The molecule has 0 bridgehead atoms. The van der Waals surface area contributed by atoms with E-state index in [4.69, 9.17) is 14.2 Å². The van der Waals surface area contributed by atoms with Crippen molar-refractivity contribution in [1.29, 1.82) is 0 Å². The molecule has 1 atom stereocenters. The van der Waals surface area contributed by atoms with Crippen molar-refractivity contribution in [3.63, 3.8) is 0 Å². The van der Waals surface area contributed by atoms with Crippen LogP contribution in [0, 0.1) is 5.92 Å². The normalized spacial score (nSPS) is 23.1. The quantitative estimate of drug-likeness (QED) is 0.753. The molecule has 1 N–H and O–H groups in total. The molecule has 3 fully saturated rings. The van der Waals surface area contributed by atoms with Gasteiger partial charge in [-0.2, -0.15) is 0 Å². The fraction of sp³-hybridized carbons (Fsp3) is 0.667. The molecule has 4 rings (SSSR count). The van der Waals surface area contributed by atoms with Crippen LogP contribution in [-0.4, -0.2) is 80.4 Å². The smallest absolute Gasteiger partial charge is 0.317 e. The summed E-state index contributed by atoms with van der Waals surface area (Å²) < 4.78 is 16.8. The molecule has 0 saturated carbocycles. The van der Waals surface area contributed by atoms with Crippen molar-refractivity contribution in [2.45, 2.75) is 44.2 Å². The number of nitrogens with one attached hydrogen (secondary N) is 1. The van der Waals surface area contributed by atoms with Crippen molar-refractivity contribution in [3.05, 3.63) is 29.8 Å². The zero-order valence-corrected chi connectivity index (χ0v) is 19.0. The van der Waals surface area contributed by atoms with Gasteiger partial charge in [0.1, 0.15) is 5.75 Å². The number of morpholine rings is 1. The van der Waals surface area contributed by atoms with Crippen LogP contribution in [0.2, 0.25) is 0 Å². The molecule has 0 radical (unpaired) electrons. The first-order valence-corrected chi connectivity index (χ1v) is 11.7. The average molecular weight is 446 g/mol. The van der Waals surface area contributed by atoms with E-state index >= 15 is 0 Å². The zero-order chi connectivity index (χ0) is 22.4. The summed E-state index contributed by atoms with van der Waals surface area (Å²) in [4.78, 5) is 29.1. The first kappa shape index (κ1) is 22.9. The molecule has 0 aromatic heterocycles. The van der Waals surface area contributed by atoms with Crippen molar-refractivity contribution >= 4 is 11.9 Å². The second-order valence-corrected chi connectivity index (χ2v) is 9.08. The molecule has 3 saturated heterocycles. The average Bonchev–Trinajstić information content (AvgIpc) is 2.84. The molecule has 3 aliphatic heterocycles. The van der Waals surface area contributed by atoms with Crippen LogP contribution in [0.5, 0.6) is 5.75 Å². The van der Waals surface area contributed by atoms with E-state index in [1.165, 1.54) is 0 Å². The molecule has 3 amide bonds. The SMILES string of the molecule is COc1ccc(CNC(=O)N2CCC3(CC2)CC(CC(=O)N2CCOCC2)CCO3)cc1. The van der Waals surface area contributed by atoms with Gasteiger partial charge < -0.3 is 29.3 Å². The number of carbonyl (C=O) groups is 2. The van der Waals surface area contributed by atoms with Crippen LogP contribution in [0.4, 0.5) is 4.79 Å². The van der Waals surface area contributed by atoms with Crippen molar-refractivity contribution < 1.29 is 23.8 Å². The Kier molecular flexibility index (Phi) is 7.52. The molecule has 1 aromatic carbocycles. The number of ether oxygens (including phenoxy) is 3. The van der Waals surface area contributed by atoms with Gasteiger partial charge in [0.25, 0.3) is 0 Å². The zero-order valence-electron chi connectivity index (χ0n) is 19.0. The molecule has 176 valence electrons. The van der Waals surface area contributed by atoms with E-state index in [1.807, 2.05) is 34.1 Å². The van der Waals surface area contributed by atoms with Gasteiger partial charge in [-0.1, -0.05) is 12.1 Å². The summed E-state index contributed by atoms with van der Waals surface area (Å²) in [6, 6.07) is 7.67. The summed E-state index contributed by atoms with van der Waals surface area (Å²) in [5.74, 6) is 1.40. The molecule has 3 aliphatic rings. The molecule has 1 unspecified atom stereocenters. The maximum atomic E-state index is 12.7. The first-order valence-electron chi connectivity index (χ1n) is 11.7. The minimum absolute atomic E-state index is 0.0366. The number of methoxy groups -OCH3 is 1. The summed E-state index contributed by atoms with van der Waals surface area (Å²) in [6.45, 7) is 5.23. The second kappa shape index (κ2) is 10.5. The fourth-order valence-electron chi connectivity index (χ4n) is 4.99. The number of nitrogens with zero attached hydrogens (tertiary/aromatic N) is 2. The number of benzene rings is 1. The van der Waals surface area contributed by atoms with Crippen molar-refractivity contribution in [3.8, 4) is 5.75 Å². The Morgan fingerprint density at radius 1 is 1.06 bits per heavy atom. The molecule has 1 spiro atoms. The van der Waals surface area contributed by atoms with E-state index in [0.717, 1.165) is 37.0 Å². The number of likely N-dealkylation sites (tertiary alicyclic amines) is 1. The third-order valence-electron chi connectivity index (χ3n) is 6.99. The highest BCUT2D eigenvalue weighted by atomic mass is 16.5. The lowest BCUT2D eigenvalue weighted by atomic mass is 9.78. The van der Waals surface area contributed by atoms with Crippen LogP contribution in [0.1, 0.15) is 37.7 Å². The maximum absolute atomic E-state index is 12.7. The van der Waals surface area contributed by atoms with Crippen molar-refractivity contribution in [2.24, 2.45) is 5.92 Å². The highest BCUT2D eigenvalue weighted by Crippen LogP contribution is 2.39. The number of carbonyl (C=O) groups excluding carboxylic acids is 2. The van der Waals surface area contributed by atoms with Crippen LogP contribution < -0.4 is 10.1 Å². The molecule has 1 aromatic rings. The van der Waals surface area contributed by atoms with Crippen LogP contribution in [-0.2, 0) is 20.8 Å². The molecule has 8 heteroatoms. The lowest BCUT2D eigenvalue weighted by Gasteiger charge is -2.46. The van der Waals surface area contributed by atoms with E-state index in [-0.39, 0.29) is 17.5 Å². The van der Waals surface area contributed by atoms with E-state index < -0.39 is 0 Å². The minimum atomic E-state index is -0.193. The summed E-state index contributed by atoms with van der Waals surface area (Å²) in [5, 5.41) is 3.01. The van der Waals surface area contributed by atoms with Crippen LogP contribution >= 0.6 is 0 Å². The van der Waals surface area contributed by atoms with Gasteiger partial charge in [0, 0.05) is 45.8 Å². The van der Waals surface area contributed by atoms with Crippen LogP contribution in [0.3, 0.4) is 0 Å². The van der Waals surface area contributed by atoms with Gasteiger partial charge in [0.15, 0.2) is 0 Å². The van der Waals surface area contributed by atoms with E-state index in [9.17, 15) is 9.59 Å². The number of hydrogen-bond acceptors (Lipinski definition) is 5. The van der Waals surface area contributed by atoms with Gasteiger partial charge in [-0.15, -0.1) is 0 Å². The van der Waals surface area contributed by atoms with Crippen molar-refractivity contribution in [2.75, 3.05) is 53.1 Å². The number of urea groups is 1. The van der Waals surface area contributed by atoms with Crippen LogP contribution in [0.25, 0.3) is 0 Å². The molecule has 3 heterocycles. The summed E-state index contributed by atoms with van der Waals surface area (Å²) in [5.41, 5.74) is 0.844. The molecular formula is C24H35N3O5. The lowest BCUT2D eigenvalue weighted by molar-refractivity contribution is -0.143. The molecule has 0 aliphatic carbocycles. The van der Waals surface area contributed by atoms with Gasteiger partial charge in [0.05, 0.1) is 25.9 Å². The van der Waals surface area contributed by atoms with Gasteiger partial charge in [0.2, 0.25) is 5.91 Å². The lowest BCUT2D eigenvalue weighted by Crippen LogP contribution is -2.53. The summed E-state index contributed by atoms with van der Waals surface area (Å²) in [6.07, 6.45) is 4.09. The Morgan fingerprint density at radius 2 is 1.78 bits per heavy atom. The summed E-state index contributed by atoms with van der Waals surface area (Å²) in [7, 11) is 1.64. The number of rotatable bonds is 5. The van der Waals surface area contributed by atoms with E-state index in [1.54, 1.807) is 7.11 Å². The predicted octanol–water partition coefficient (Wildman–Crippen LogP) is 2.41. The van der Waals surface area contributed by atoms with Crippen LogP contribution in [0.15, 0.2) is 24.3 Å². The van der Waals surface area contributed by atoms with E-state index in [0.29, 0.717) is 64.9 Å². The molecule has 8 nitrogen and oxygen atoms in total. The number of hydrogen-bond donors (Lipinski definition) is 1. The highest BCUT2D eigenvalue weighted by Gasteiger charge is 2.41. The number of amides is 3. The molecular weight excluding hydrogens is 410 g/mol. The Balaban J connectivity index is 1.22. The maximum Gasteiger partial charge on any atom is 0.317 e. The molecule has 32 heavy (non-hydrogen) atoms. The Hall–Kier alpha value is -2.32. The Labute approximate surface area is 190 Å². The Bertz CT molecular complexity index is 770. The van der Waals surface area contributed by atoms with E-state index in [2.05, 4.69) is 5.32 Å². The first-order chi connectivity index (χ1) is 15.6. The fourth-order valence-corrected chi connectivity index (χ4v) is 4.99. The monoisotopic (exact) mass is 445 g/mol. The van der Waals surface area contributed by atoms with Gasteiger partial charge in [-0.3, -0.25) is 4.79 Å². The minimum Gasteiger partial charge on any atom is -0.497 e. The van der Waals surface area contributed by atoms with Gasteiger partial charge in [-0.05, 0) is 49.3 Å². The number of piperidine rings is 1. The second-order valence-electron chi connectivity index (χ2n) is 9.08. The highest BCUT2D eigenvalue weighted by molar-refractivity contribution is 5.76. The van der Waals surface area contributed by atoms with Crippen molar-refractivity contribution in [1.82, 2.24) is 15.1 Å². The topological polar surface area (TPSA) is 80.3 Å². The largest absolute Gasteiger partial charge is 0.497 e. The standard InChI is InChI=1S/C24H35N3O5/c1-30-21-4-2-19(3-5-21)18-25-23(29)27-9-7-24(8-10-27)17-20(6-13-32-24)16-22(28)26-11-14-31-15-12-26/h2-5,20H,6-18H2,1H3,(H,25,29). The third kappa shape index (κ3) is 5.72. The third-order valence-corrected chi connectivity index (χ3v) is 6.99. The Morgan fingerprint density at radius 3 is 2.47 bits per heavy atom. The van der Waals surface area contributed by atoms with Gasteiger partial charge in [-0.25, -0.2) is 4.79 Å². The van der Waals surface area contributed by atoms with Gasteiger partial charge >= 0.3 is 6.03 Å². The predicted molar refractivity (Wildman–Crippen MR) is 119 cm³/mol. The summed E-state index contributed by atoms with van der Waals surface area (Å²) >= 11 is 0.